The van der Waals surface area contributed by atoms with Crippen molar-refractivity contribution in [1.29, 1.82) is 0 Å². The molecule has 1 amide bonds. The number of sulfonamides is 1. The molecule has 0 radical (unpaired) electrons. The van der Waals surface area contributed by atoms with Gasteiger partial charge in [-0.25, -0.2) is 8.42 Å². The number of hydrogen-bond donors (Lipinski definition) is 1. The summed E-state index contributed by atoms with van der Waals surface area (Å²) in [6.45, 7) is 3.57. The van der Waals surface area contributed by atoms with E-state index in [1.54, 1.807) is 24.3 Å². The Morgan fingerprint density at radius 3 is 2.17 bits per heavy atom. The second-order valence-electron chi connectivity index (χ2n) is 6.79. The molecule has 0 spiro atoms. The molecule has 29 heavy (non-hydrogen) atoms. The van der Waals surface area contributed by atoms with E-state index in [2.05, 4.69) is 5.32 Å². The summed E-state index contributed by atoms with van der Waals surface area (Å²) >= 11 is 17.9. The van der Waals surface area contributed by atoms with Gasteiger partial charge >= 0.3 is 0 Å². The lowest BCUT2D eigenvalue weighted by atomic mass is 10.2. The molecular formula is C19H20Cl3N3O3S. The lowest BCUT2D eigenvalue weighted by Gasteiger charge is -2.33. The molecule has 0 saturated carbocycles. The van der Waals surface area contributed by atoms with Crippen LogP contribution in [0.2, 0.25) is 15.1 Å². The van der Waals surface area contributed by atoms with Gasteiger partial charge in [0.15, 0.2) is 0 Å². The van der Waals surface area contributed by atoms with Crippen LogP contribution < -0.4 is 5.32 Å². The highest BCUT2D eigenvalue weighted by atomic mass is 35.5. The van der Waals surface area contributed by atoms with Gasteiger partial charge in [-0.05, 0) is 31.2 Å². The van der Waals surface area contributed by atoms with E-state index in [-0.39, 0.29) is 17.3 Å². The summed E-state index contributed by atoms with van der Waals surface area (Å²) < 4.78 is 27.0. The zero-order valence-electron chi connectivity index (χ0n) is 15.7. The standard InChI is InChI=1S/C19H20Cl3N3O3S/c1-13-2-4-14(5-3-13)29(27,28)25-8-6-24(7-9-25)12-19(26)23-18-11-16(21)15(20)10-17(18)22/h2-5,10-11H,6-9,12H2,1H3,(H,23,26). The van der Waals surface area contributed by atoms with Crippen LogP contribution in [0.1, 0.15) is 5.56 Å². The molecule has 0 aliphatic carbocycles. The minimum atomic E-state index is -3.53. The summed E-state index contributed by atoms with van der Waals surface area (Å²) in [7, 11) is -3.53. The molecule has 1 aliphatic heterocycles. The Kier molecular flexibility index (Phi) is 7.09. The Balaban J connectivity index is 1.56. The monoisotopic (exact) mass is 475 g/mol. The van der Waals surface area contributed by atoms with Crippen molar-refractivity contribution in [3.05, 3.63) is 57.0 Å². The lowest BCUT2D eigenvalue weighted by Crippen LogP contribution is -2.50. The fourth-order valence-corrected chi connectivity index (χ4v) is 5.01. The third kappa shape index (κ3) is 5.42. The van der Waals surface area contributed by atoms with Gasteiger partial charge < -0.3 is 5.32 Å². The SMILES string of the molecule is Cc1ccc(S(=O)(=O)N2CCN(CC(=O)Nc3cc(Cl)c(Cl)cc3Cl)CC2)cc1. The molecule has 6 nitrogen and oxygen atoms in total. The summed E-state index contributed by atoms with van der Waals surface area (Å²) in [6.07, 6.45) is 0. The van der Waals surface area contributed by atoms with Crippen molar-refractivity contribution in [1.82, 2.24) is 9.21 Å². The van der Waals surface area contributed by atoms with Gasteiger partial charge in [-0.3, -0.25) is 9.69 Å². The number of piperazine rings is 1. The Morgan fingerprint density at radius 1 is 0.966 bits per heavy atom. The Bertz CT molecular complexity index is 1010. The first kappa shape index (κ1) is 22.3. The quantitative estimate of drug-likeness (QED) is 0.665. The number of rotatable bonds is 5. The Hall–Kier alpha value is -1.35. The van der Waals surface area contributed by atoms with E-state index in [0.29, 0.717) is 46.9 Å². The minimum absolute atomic E-state index is 0.120. The van der Waals surface area contributed by atoms with Crippen LogP contribution in [0.25, 0.3) is 0 Å². The van der Waals surface area contributed by atoms with E-state index in [4.69, 9.17) is 34.8 Å². The number of aryl methyl sites for hydroxylation is 1. The van der Waals surface area contributed by atoms with E-state index in [0.717, 1.165) is 5.56 Å². The average molecular weight is 477 g/mol. The maximum absolute atomic E-state index is 12.8. The summed E-state index contributed by atoms with van der Waals surface area (Å²) in [6, 6.07) is 9.76. The molecule has 0 bridgehead atoms. The van der Waals surface area contributed by atoms with Gasteiger partial charge in [0.1, 0.15) is 0 Å². The summed E-state index contributed by atoms with van der Waals surface area (Å²) in [5.74, 6) is -0.264. The van der Waals surface area contributed by atoms with Gasteiger partial charge in [0.25, 0.3) is 0 Å². The smallest absolute Gasteiger partial charge is 0.243 e. The fourth-order valence-electron chi connectivity index (χ4n) is 3.00. The van der Waals surface area contributed by atoms with Gasteiger partial charge in [-0.2, -0.15) is 4.31 Å². The predicted octanol–water partition coefficient (Wildman–Crippen LogP) is 3.90. The zero-order chi connectivity index (χ0) is 21.2. The van der Waals surface area contributed by atoms with Crippen LogP contribution >= 0.6 is 34.8 Å². The molecule has 156 valence electrons. The maximum Gasteiger partial charge on any atom is 0.243 e. The van der Waals surface area contributed by atoms with E-state index < -0.39 is 10.0 Å². The largest absolute Gasteiger partial charge is 0.324 e. The molecule has 3 rings (SSSR count). The number of carbonyl (C=O) groups is 1. The zero-order valence-corrected chi connectivity index (χ0v) is 18.7. The van der Waals surface area contributed by atoms with E-state index in [1.165, 1.54) is 16.4 Å². The summed E-state index contributed by atoms with van der Waals surface area (Å²) in [5.41, 5.74) is 1.38. The number of hydrogen-bond acceptors (Lipinski definition) is 4. The first-order valence-corrected chi connectivity index (χ1v) is 11.5. The van der Waals surface area contributed by atoms with Crippen LogP contribution in [-0.4, -0.2) is 56.3 Å². The van der Waals surface area contributed by atoms with Crippen molar-refractivity contribution in [2.75, 3.05) is 38.0 Å². The van der Waals surface area contributed by atoms with E-state index >= 15 is 0 Å². The molecule has 1 aliphatic rings. The highest BCUT2D eigenvalue weighted by Crippen LogP contribution is 2.32. The van der Waals surface area contributed by atoms with Crippen LogP contribution in [0.4, 0.5) is 5.69 Å². The molecule has 2 aromatic rings. The Labute approximate surface area is 185 Å². The van der Waals surface area contributed by atoms with Gasteiger partial charge in [0.05, 0.1) is 32.2 Å². The Morgan fingerprint density at radius 2 is 1.55 bits per heavy atom. The highest BCUT2D eigenvalue weighted by molar-refractivity contribution is 7.89. The van der Waals surface area contributed by atoms with Crippen LogP contribution in [0, 0.1) is 6.92 Å². The van der Waals surface area contributed by atoms with Crippen molar-refractivity contribution in [3.63, 3.8) is 0 Å². The predicted molar refractivity (Wildman–Crippen MR) is 116 cm³/mol. The third-order valence-corrected chi connectivity index (χ3v) is 7.59. The normalized spacial score (nSPS) is 16.0. The van der Waals surface area contributed by atoms with Crippen molar-refractivity contribution in [2.45, 2.75) is 11.8 Å². The van der Waals surface area contributed by atoms with Gasteiger partial charge in [-0.15, -0.1) is 0 Å². The number of halogens is 3. The highest BCUT2D eigenvalue weighted by Gasteiger charge is 2.29. The number of amides is 1. The van der Waals surface area contributed by atoms with Crippen molar-refractivity contribution in [3.8, 4) is 0 Å². The molecule has 0 aromatic heterocycles. The third-order valence-electron chi connectivity index (χ3n) is 4.64. The molecule has 0 atom stereocenters. The molecule has 2 aromatic carbocycles. The van der Waals surface area contributed by atoms with E-state index in [1.807, 2.05) is 11.8 Å². The van der Waals surface area contributed by atoms with E-state index in [9.17, 15) is 13.2 Å². The number of nitrogens with zero attached hydrogens (tertiary/aromatic N) is 2. The van der Waals surface area contributed by atoms with Crippen LogP contribution in [-0.2, 0) is 14.8 Å². The number of nitrogens with one attached hydrogen (secondary N) is 1. The van der Waals surface area contributed by atoms with Crippen molar-refractivity contribution in [2.24, 2.45) is 0 Å². The number of benzene rings is 2. The van der Waals surface area contributed by atoms with Gasteiger partial charge in [-0.1, -0.05) is 52.5 Å². The topological polar surface area (TPSA) is 69.7 Å². The maximum atomic E-state index is 12.8. The molecule has 1 heterocycles. The molecule has 1 fully saturated rings. The van der Waals surface area contributed by atoms with Crippen molar-refractivity contribution < 1.29 is 13.2 Å². The number of anilines is 1. The fraction of sp³-hybridized carbons (Fsp3) is 0.316. The van der Waals surface area contributed by atoms with Gasteiger partial charge in [0, 0.05) is 26.2 Å². The molecule has 10 heteroatoms. The first-order chi connectivity index (χ1) is 13.7. The summed E-state index contributed by atoms with van der Waals surface area (Å²) in [4.78, 5) is 14.5. The molecular weight excluding hydrogens is 457 g/mol. The van der Waals surface area contributed by atoms with Crippen molar-refractivity contribution >= 4 is 56.4 Å². The molecule has 1 N–H and O–H groups in total. The first-order valence-electron chi connectivity index (χ1n) is 8.90. The average Bonchev–Trinajstić information content (AvgIpc) is 2.67. The minimum Gasteiger partial charge on any atom is -0.324 e. The number of carbonyl (C=O) groups excluding carboxylic acids is 1. The molecule has 1 saturated heterocycles. The lowest BCUT2D eigenvalue weighted by molar-refractivity contribution is -0.117. The van der Waals surface area contributed by atoms with Gasteiger partial charge in [0.2, 0.25) is 15.9 Å². The van der Waals surface area contributed by atoms with Crippen LogP contribution in [0.3, 0.4) is 0 Å². The second kappa shape index (κ2) is 9.20. The second-order valence-corrected chi connectivity index (χ2v) is 9.95. The van der Waals surface area contributed by atoms with Crippen LogP contribution in [0.15, 0.2) is 41.3 Å². The molecule has 0 unspecified atom stereocenters. The van der Waals surface area contributed by atoms with Crippen LogP contribution in [0.5, 0.6) is 0 Å². The summed E-state index contributed by atoms with van der Waals surface area (Å²) in [5, 5.41) is 3.60.